The zero-order chi connectivity index (χ0) is 6.69. The molecule has 4 heteroatoms. The van der Waals surface area contributed by atoms with Gasteiger partial charge in [0, 0.05) is 0 Å². The van der Waals surface area contributed by atoms with E-state index in [9.17, 15) is 0 Å². The molecule has 0 aromatic rings. The van der Waals surface area contributed by atoms with Crippen molar-refractivity contribution in [2.75, 3.05) is 12.0 Å². The van der Waals surface area contributed by atoms with Crippen molar-refractivity contribution in [1.82, 2.24) is 0 Å². The quantitative estimate of drug-likeness (QED) is 0.448. The van der Waals surface area contributed by atoms with E-state index in [2.05, 4.69) is 38.8 Å². The van der Waals surface area contributed by atoms with E-state index in [-0.39, 0.29) is 24.8 Å². The molecule has 0 amide bonds. The number of thioether (sulfide) groups is 1. The van der Waals surface area contributed by atoms with Gasteiger partial charge in [-0.1, -0.05) is 0 Å². The Morgan fingerprint density at radius 1 is 1.55 bits per heavy atom. The van der Waals surface area contributed by atoms with Crippen LogP contribution in [-0.2, 0) is 20.4 Å². The summed E-state index contributed by atoms with van der Waals surface area (Å²) in [4.78, 5) is 0. The summed E-state index contributed by atoms with van der Waals surface area (Å²) in [5, 5.41) is 0. The second-order valence-corrected chi connectivity index (χ2v) is 3.85. The molecule has 1 aliphatic rings. The SMILES string of the molecule is CSCC1=[C]([Ti+2])CC=C1.[Cl-].[Cl-]. The van der Waals surface area contributed by atoms with Gasteiger partial charge in [0.25, 0.3) is 0 Å². The van der Waals surface area contributed by atoms with Gasteiger partial charge in [0.05, 0.1) is 0 Å². The van der Waals surface area contributed by atoms with E-state index >= 15 is 0 Å². The Bertz CT molecular complexity index is 166. The first-order valence-corrected chi connectivity index (χ1v) is 5.11. The summed E-state index contributed by atoms with van der Waals surface area (Å²) < 4.78 is 1.55. The molecule has 0 aromatic carbocycles. The average Bonchev–Trinajstić information content (AvgIpc) is 2.18. The predicted molar refractivity (Wildman–Crippen MR) is 39.2 cm³/mol. The van der Waals surface area contributed by atoms with Crippen LogP contribution in [0.3, 0.4) is 0 Å². The van der Waals surface area contributed by atoms with Crippen LogP contribution in [0.25, 0.3) is 0 Å². The van der Waals surface area contributed by atoms with Gasteiger partial charge in [0.2, 0.25) is 0 Å². The second kappa shape index (κ2) is 7.76. The van der Waals surface area contributed by atoms with E-state index in [1.807, 2.05) is 11.8 Å². The third-order valence-electron chi connectivity index (χ3n) is 1.33. The van der Waals surface area contributed by atoms with Gasteiger partial charge in [0.1, 0.15) is 0 Å². The zero-order valence-electron chi connectivity index (χ0n) is 6.23. The molecule has 11 heavy (non-hydrogen) atoms. The number of rotatable bonds is 2. The average molecular weight is 244 g/mol. The normalized spacial score (nSPS) is 14.5. The molecule has 1 rings (SSSR count). The summed E-state index contributed by atoms with van der Waals surface area (Å²) in [7, 11) is 0. The zero-order valence-corrected chi connectivity index (χ0v) is 10.1. The maximum absolute atomic E-state index is 2.24. The van der Waals surface area contributed by atoms with Crippen LogP contribution in [0.4, 0.5) is 0 Å². The summed E-state index contributed by atoms with van der Waals surface area (Å²) in [6.07, 6.45) is 7.80. The molecule has 0 spiro atoms. The third-order valence-corrected chi connectivity index (χ3v) is 2.75. The Balaban J connectivity index is 0. The molecule has 0 nitrogen and oxygen atoms in total. The van der Waals surface area contributed by atoms with Crippen molar-refractivity contribution in [3.8, 4) is 0 Å². The molecular formula is C7H9Cl2STi. The van der Waals surface area contributed by atoms with E-state index in [0.29, 0.717) is 0 Å². The van der Waals surface area contributed by atoms with Crippen LogP contribution in [0.2, 0.25) is 0 Å². The van der Waals surface area contributed by atoms with Crippen LogP contribution in [-0.4, -0.2) is 12.0 Å². The summed E-state index contributed by atoms with van der Waals surface area (Å²) in [5.74, 6) is 1.18. The van der Waals surface area contributed by atoms with Crippen LogP contribution in [0, 0.1) is 0 Å². The van der Waals surface area contributed by atoms with Crippen LogP contribution in [0.1, 0.15) is 6.42 Å². The van der Waals surface area contributed by atoms with Gasteiger partial charge in [0.15, 0.2) is 0 Å². The molecule has 0 saturated carbocycles. The molecule has 0 aliphatic heterocycles. The van der Waals surface area contributed by atoms with E-state index in [1.54, 1.807) is 3.88 Å². The summed E-state index contributed by atoms with van der Waals surface area (Å²) in [5.41, 5.74) is 1.53. The van der Waals surface area contributed by atoms with Crippen molar-refractivity contribution in [2.45, 2.75) is 6.42 Å². The Kier molecular flexibility index (Phi) is 10.3. The van der Waals surface area contributed by atoms with E-state index in [1.165, 1.54) is 17.7 Å². The number of halogens is 2. The van der Waals surface area contributed by atoms with Crippen LogP contribution in [0.15, 0.2) is 21.6 Å². The molecule has 0 N–H and O–H groups in total. The van der Waals surface area contributed by atoms with E-state index < -0.39 is 0 Å². The van der Waals surface area contributed by atoms with E-state index in [0.717, 1.165) is 0 Å². The first kappa shape index (κ1) is 14.6. The predicted octanol–water partition coefficient (Wildman–Crippen LogP) is -3.88. The van der Waals surface area contributed by atoms with Crippen molar-refractivity contribution in [1.29, 1.82) is 0 Å². The molecular weight excluding hydrogens is 235 g/mol. The monoisotopic (exact) mass is 243 g/mol. The molecule has 1 aliphatic carbocycles. The van der Waals surface area contributed by atoms with Crippen molar-refractivity contribution < 1.29 is 45.2 Å². The fourth-order valence-electron chi connectivity index (χ4n) is 0.841. The van der Waals surface area contributed by atoms with Gasteiger partial charge < -0.3 is 24.8 Å². The van der Waals surface area contributed by atoms with Gasteiger partial charge >= 0.3 is 72.2 Å². The summed E-state index contributed by atoms with van der Waals surface area (Å²) >= 11 is 4.11. The van der Waals surface area contributed by atoms with Gasteiger partial charge in [-0.2, -0.15) is 0 Å². The minimum absolute atomic E-state index is 0. The minimum Gasteiger partial charge on any atom is -1.00 e. The smallest absolute Gasteiger partial charge is 1.00 e. The van der Waals surface area contributed by atoms with Crippen molar-refractivity contribution >= 4 is 11.8 Å². The Morgan fingerprint density at radius 2 is 2.18 bits per heavy atom. The van der Waals surface area contributed by atoms with Crippen LogP contribution >= 0.6 is 11.8 Å². The fraction of sp³-hybridized carbons (Fsp3) is 0.429. The first-order chi connectivity index (χ1) is 4.34. The molecule has 0 bridgehead atoms. The molecule has 0 unspecified atom stereocenters. The Morgan fingerprint density at radius 3 is 2.55 bits per heavy atom. The van der Waals surface area contributed by atoms with Gasteiger partial charge in [-0.05, 0) is 0 Å². The van der Waals surface area contributed by atoms with Crippen LogP contribution in [0.5, 0.6) is 0 Å². The topological polar surface area (TPSA) is 0 Å². The van der Waals surface area contributed by atoms with Crippen molar-refractivity contribution in [3.63, 3.8) is 0 Å². The molecule has 0 radical (unpaired) electrons. The molecule has 0 aromatic heterocycles. The third kappa shape index (κ3) is 4.64. The minimum atomic E-state index is 0. The van der Waals surface area contributed by atoms with Gasteiger partial charge in [-0.3, -0.25) is 0 Å². The van der Waals surface area contributed by atoms with Crippen LogP contribution < -0.4 is 24.8 Å². The number of hydrogen-bond donors (Lipinski definition) is 0. The second-order valence-electron chi connectivity index (χ2n) is 2.04. The summed E-state index contributed by atoms with van der Waals surface area (Å²) in [6, 6.07) is 0. The van der Waals surface area contributed by atoms with Crippen molar-refractivity contribution in [3.05, 3.63) is 21.6 Å². The fourth-order valence-corrected chi connectivity index (χ4v) is 2.08. The first-order valence-electron chi connectivity index (χ1n) is 2.93. The van der Waals surface area contributed by atoms with Crippen molar-refractivity contribution in [2.24, 2.45) is 0 Å². The molecule has 61 valence electrons. The standard InChI is InChI=1S/C7H9S.2ClH.Ti/c1-8-6-7-4-2-3-5-7;;;/h2,4H,3,6H2,1H3;2*1H;/q;;;+2/p-2. The largest absolute Gasteiger partial charge is 1.00 e. The van der Waals surface area contributed by atoms with Gasteiger partial charge in [-0.15, -0.1) is 0 Å². The maximum atomic E-state index is 2.24. The number of hydrogen-bond acceptors (Lipinski definition) is 1. The Labute approximate surface area is 96.5 Å². The Hall–Kier alpha value is 1.12. The molecule has 0 saturated heterocycles. The number of allylic oxidation sites excluding steroid dienone is 3. The molecule has 0 heterocycles. The molecule has 0 fully saturated rings. The molecule has 0 atom stereocenters. The summed E-state index contributed by atoms with van der Waals surface area (Å²) in [6.45, 7) is 0. The van der Waals surface area contributed by atoms with Gasteiger partial charge in [-0.25, -0.2) is 0 Å². The maximum Gasteiger partial charge on any atom is -1.00 e. The van der Waals surface area contributed by atoms with E-state index in [4.69, 9.17) is 0 Å².